The lowest BCUT2D eigenvalue weighted by Gasteiger charge is -2.29. The molecule has 3 rings (SSSR count). The van der Waals surface area contributed by atoms with Gasteiger partial charge in [0, 0.05) is 0 Å². The highest BCUT2D eigenvalue weighted by Gasteiger charge is 2.21. The highest BCUT2D eigenvalue weighted by Crippen LogP contribution is 2.37. The molecule has 0 spiro atoms. The van der Waals surface area contributed by atoms with Crippen LogP contribution in [0.2, 0.25) is 0 Å². The molecule has 0 heterocycles. The summed E-state index contributed by atoms with van der Waals surface area (Å²) in [7, 11) is 0. The standard InChI is InChI=1S/C19H28.C6H4F2/c1-3-5-6-7-17-10-14-19(15-11-17)18-12-8-16(4-2)9-13-18;7-5-1-2-6(8)4-3-5/h4,8-9,12-13,17,19H,2-3,5-7,10-11,14-15H2,1H3;1-4H. The summed E-state index contributed by atoms with van der Waals surface area (Å²) in [5.41, 5.74) is 2.77. The third-order valence-corrected chi connectivity index (χ3v) is 5.51. The van der Waals surface area contributed by atoms with E-state index in [4.69, 9.17) is 0 Å². The molecule has 2 aromatic carbocycles. The van der Waals surface area contributed by atoms with Crippen molar-refractivity contribution in [3.8, 4) is 0 Å². The van der Waals surface area contributed by atoms with Crippen LogP contribution >= 0.6 is 0 Å². The van der Waals surface area contributed by atoms with Crippen LogP contribution in [0, 0.1) is 17.6 Å². The van der Waals surface area contributed by atoms with Gasteiger partial charge >= 0.3 is 0 Å². The predicted octanol–water partition coefficient (Wildman–Crippen LogP) is 8.15. The van der Waals surface area contributed by atoms with Gasteiger partial charge in [0.15, 0.2) is 0 Å². The number of rotatable bonds is 6. The average molecular weight is 371 g/mol. The molecule has 27 heavy (non-hydrogen) atoms. The average Bonchev–Trinajstić information content (AvgIpc) is 2.71. The Hall–Kier alpha value is -1.96. The fraction of sp³-hybridized carbons (Fsp3) is 0.440. The molecule has 1 aliphatic rings. The molecular formula is C25H32F2. The molecule has 0 aliphatic heterocycles. The summed E-state index contributed by atoms with van der Waals surface area (Å²) < 4.78 is 23.8. The van der Waals surface area contributed by atoms with Crippen molar-refractivity contribution in [2.75, 3.05) is 0 Å². The van der Waals surface area contributed by atoms with E-state index in [1.807, 2.05) is 6.08 Å². The van der Waals surface area contributed by atoms with E-state index in [0.29, 0.717) is 0 Å². The molecule has 2 aromatic rings. The minimum Gasteiger partial charge on any atom is -0.207 e. The minimum atomic E-state index is -0.411. The van der Waals surface area contributed by atoms with Crippen LogP contribution in [-0.2, 0) is 0 Å². The van der Waals surface area contributed by atoms with Crippen molar-refractivity contribution in [1.82, 2.24) is 0 Å². The van der Waals surface area contributed by atoms with Crippen molar-refractivity contribution in [1.29, 1.82) is 0 Å². The predicted molar refractivity (Wildman–Crippen MR) is 112 cm³/mol. The maximum absolute atomic E-state index is 11.9. The largest absolute Gasteiger partial charge is 0.207 e. The summed E-state index contributed by atoms with van der Waals surface area (Å²) in [6.07, 6.45) is 13.3. The van der Waals surface area contributed by atoms with Crippen LogP contribution in [0.25, 0.3) is 6.08 Å². The molecule has 0 radical (unpaired) electrons. The van der Waals surface area contributed by atoms with Crippen molar-refractivity contribution in [2.45, 2.75) is 64.2 Å². The first-order valence-corrected chi connectivity index (χ1v) is 10.3. The maximum atomic E-state index is 11.9. The van der Waals surface area contributed by atoms with Gasteiger partial charge in [0.05, 0.1) is 0 Å². The Balaban J connectivity index is 0.000000273. The zero-order chi connectivity index (χ0) is 19.5. The van der Waals surface area contributed by atoms with E-state index in [9.17, 15) is 8.78 Å². The van der Waals surface area contributed by atoms with Crippen molar-refractivity contribution in [3.63, 3.8) is 0 Å². The SMILES string of the molecule is C=Cc1ccc(C2CCC(CCCCC)CC2)cc1.Fc1ccc(F)cc1. The topological polar surface area (TPSA) is 0 Å². The summed E-state index contributed by atoms with van der Waals surface area (Å²) in [5, 5.41) is 0. The summed E-state index contributed by atoms with van der Waals surface area (Å²) in [6, 6.07) is 13.3. The number of halogens is 2. The third-order valence-electron chi connectivity index (χ3n) is 5.51. The number of unbranched alkanes of at least 4 members (excludes halogenated alkanes) is 2. The lowest BCUT2D eigenvalue weighted by atomic mass is 9.77. The van der Waals surface area contributed by atoms with Gasteiger partial charge in [0.1, 0.15) is 11.6 Å². The van der Waals surface area contributed by atoms with E-state index in [0.717, 1.165) is 36.1 Å². The molecule has 0 aromatic heterocycles. The molecule has 0 saturated heterocycles. The summed E-state index contributed by atoms with van der Waals surface area (Å²) in [4.78, 5) is 0. The third kappa shape index (κ3) is 7.66. The van der Waals surface area contributed by atoms with Gasteiger partial charge in [0.25, 0.3) is 0 Å². The maximum Gasteiger partial charge on any atom is 0.123 e. The van der Waals surface area contributed by atoms with Gasteiger partial charge in [-0.2, -0.15) is 0 Å². The van der Waals surface area contributed by atoms with Crippen molar-refractivity contribution in [3.05, 3.63) is 77.9 Å². The second kappa shape index (κ2) is 11.7. The van der Waals surface area contributed by atoms with Gasteiger partial charge in [-0.3, -0.25) is 0 Å². The van der Waals surface area contributed by atoms with E-state index < -0.39 is 11.6 Å². The fourth-order valence-electron chi connectivity index (χ4n) is 3.80. The van der Waals surface area contributed by atoms with Crippen LogP contribution in [0.5, 0.6) is 0 Å². The highest BCUT2D eigenvalue weighted by atomic mass is 19.1. The number of hydrogen-bond donors (Lipinski definition) is 0. The van der Waals surface area contributed by atoms with Crippen LogP contribution in [-0.4, -0.2) is 0 Å². The molecule has 0 amide bonds. The molecule has 0 unspecified atom stereocenters. The smallest absolute Gasteiger partial charge is 0.123 e. The van der Waals surface area contributed by atoms with E-state index in [1.165, 1.54) is 62.5 Å². The number of benzene rings is 2. The highest BCUT2D eigenvalue weighted by molar-refractivity contribution is 5.47. The Morgan fingerprint density at radius 3 is 1.89 bits per heavy atom. The van der Waals surface area contributed by atoms with E-state index >= 15 is 0 Å². The molecular weight excluding hydrogens is 338 g/mol. The summed E-state index contributed by atoms with van der Waals surface area (Å²) in [6.45, 7) is 6.11. The molecule has 0 nitrogen and oxygen atoms in total. The summed E-state index contributed by atoms with van der Waals surface area (Å²) >= 11 is 0. The number of hydrogen-bond acceptors (Lipinski definition) is 0. The first-order valence-electron chi connectivity index (χ1n) is 10.3. The Labute approximate surface area is 163 Å². The molecule has 0 atom stereocenters. The van der Waals surface area contributed by atoms with Crippen LogP contribution in [0.4, 0.5) is 8.78 Å². The molecule has 1 fully saturated rings. The van der Waals surface area contributed by atoms with Crippen LogP contribution in [0.1, 0.15) is 75.3 Å². The van der Waals surface area contributed by atoms with E-state index in [-0.39, 0.29) is 0 Å². The Bertz CT molecular complexity index is 629. The lowest BCUT2D eigenvalue weighted by Crippen LogP contribution is -2.13. The van der Waals surface area contributed by atoms with Crippen molar-refractivity contribution < 1.29 is 8.78 Å². The van der Waals surface area contributed by atoms with Gasteiger partial charge in [-0.25, -0.2) is 8.78 Å². The van der Waals surface area contributed by atoms with Crippen molar-refractivity contribution >= 4 is 6.08 Å². The summed E-state index contributed by atoms with van der Waals surface area (Å²) in [5.74, 6) is 0.995. The second-order valence-corrected chi connectivity index (χ2v) is 7.52. The zero-order valence-corrected chi connectivity index (χ0v) is 16.5. The quantitative estimate of drug-likeness (QED) is 0.450. The molecule has 146 valence electrons. The fourth-order valence-corrected chi connectivity index (χ4v) is 3.80. The Morgan fingerprint density at radius 2 is 1.41 bits per heavy atom. The van der Waals surface area contributed by atoms with Gasteiger partial charge < -0.3 is 0 Å². The zero-order valence-electron chi connectivity index (χ0n) is 16.5. The van der Waals surface area contributed by atoms with Crippen LogP contribution < -0.4 is 0 Å². The molecule has 0 N–H and O–H groups in total. The van der Waals surface area contributed by atoms with Gasteiger partial charge in [-0.1, -0.05) is 69.5 Å². The van der Waals surface area contributed by atoms with E-state index in [1.54, 1.807) is 0 Å². The first kappa shape index (κ1) is 21.3. The van der Waals surface area contributed by atoms with Crippen LogP contribution in [0.3, 0.4) is 0 Å². The Kier molecular flexibility index (Phi) is 9.24. The minimum absolute atomic E-state index is 0.411. The normalized spacial score (nSPS) is 19.1. The molecule has 0 bridgehead atoms. The van der Waals surface area contributed by atoms with Gasteiger partial charge in [-0.05, 0) is 72.9 Å². The van der Waals surface area contributed by atoms with Crippen LogP contribution in [0.15, 0.2) is 55.1 Å². The lowest BCUT2D eigenvalue weighted by molar-refractivity contribution is 0.303. The van der Waals surface area contributed by atoms with Gasteiger partial charge in [-0.15, -0.1) is 0 Å². The monoisotopic (exact) mass is 370 g/mol. The molecule has 1 saturated carbocycles. The van der Waals surface area contributed by atoms with Crippen molar-refractivity contribution in [2.24, 2.45) is 5.92 Å². The van der Waals surface area contributed by atoms with Gasteiger partial charge in [0.2, 0.25) is 0 Å². The molecule has 2 heteroatoms. The van der Waals surface area contributed by atoms with E-state index in [2.05, 4.69) is 37.8 Å². The first-order chi connectivity index (χ1) is 13.1. The molecule has 1 aliphatic carbocycles. The Morgan fingerprint density at radius 1 is 0.852 bits per heavy atom. The second-order valence-electron chi connectivity index (χ2n) is 7.52.